The van der Waals surface area contributed by atoms with Gasteiger partial charge in [-0.15, -0.1) is 0 Å². The number of anilines is 2. The van der Waals surface area contributed by atoms with E-state index in [1.165, 1.54) is 10.4 Å². The fraction of sp³-hybridized carbons (Fsp3) is 0.333. The molecule has 1 amide bonds. The van der Waals surface area contributed by atoms with E-state index in [0.717, 1.165) is 10.9 Å². The molecule has 1 N–H and O–H groups in total. The van der Waals surface area contributed by atoms with Gasteiger partial charge < -0.3 is 15.0 Å². The molecule has 1 saturated heterocycles. The van der Waals surface area contributed by atoms with Crippen molar-refractivity contribution in [2.24, 2.45) is 0 Å². The molecule has 1 aliphatic heterocycles. The van der Waals surface area contributed by atoms with E-state index in [2.05, 4.69) is 15.2 Å². The Morgan fingerprint density at radius 3 is 2.58 bits per heavy atom. The van der Waals surface area contributed by atoms with Crippen LogP contribution in [-0.4, -0.2) is 63.0 Å². The van der Waals surface area contributed by atoms with E-state index >= 15 is 0 Å². The predicted molar refractivity (Wildman–Crippen MR) is 129 cm³/mol. The summed E-state index contributed by atoms with van der Waals surface area (Å²) in [6, 6.07) is 14.0. The Kier molecular flexibility index (Phi) is 6.92. The lowest BCUT2D eigenvalue weighted by Gasteiger charge is -2.30. The van der Waals surface area contributed by atoms with Gasteiger partial charge in [0.1, 0.15) is 0 Å². The number of hydrogen-bond donors (Lipinski definition) is 1. The number of carbonyl (C=O) groups is 1. The molecule has 3 aromatic rings. The Morgan fingerprint density at radius 2 is 1.85 bits per heavy atom. The standard InChI is InChI=1S/C24H28N4O4S/c1-3-28(4-2)33(30,31)20-8-10-23(27-12-14-32-15-13-27)21(17-20)24(29)26-19-7-9-22-18(16-19)6-5-11-25-22/h5-11,16-17H,3-4,12-15H2,1-2H3,(H,26,29). The molecule has 1 aromatic heterocycles. The lowest BCUT2D eigenvalue weighted by atomic mass is 10.1. The van der Waals surface area contributed by atoms with E-state index in [0.29, 0.717) is 56.3 Å². The maximum atomic E-state index is 13.4. The summed E-state index contributed by atoms with van der Waals surface area (Å²) < 4.78 is 33.1. The highest BCUT2D eigenvalue weighted by molar-refractivity contribution is 7.89. The number of aromatic nitrogens is 1. The molecule has 9 heteroatoms. The van der Waals surface area contributed by atoms with Gasteiger partial charge in [-0.3, -0.25) is 9.78 Å². The first-order valence-electron chi connectivity index (χ1n) is 11.1. The fourth-order valence-corrected chi connectivity index (χ4v) is 5.49. The molecule has 174 valence electrons. The number of pyridine rings is 1. The van der Waals surface area contributed by atoms with Gasteiger partial charge in [-0.05, 0) is 42.5 Å². The summed E-state index contributed by atoms with van der Waals surface area (Å²) >= 11 is 0. The van der Waals surface area contributed by atoms with Crippen molar-refractivity contribution in [3.8, 4) is 0 Å². The van der Waals surface area contributed by atoms with Crippen LogP contribution in [0.3, 0.4) is 0 Å². The minimum atomic E-state index is -3.70. The number of carbonyl (C=O) groups excluding carboxylic acids is 1. The lowest BCUT2D eigenvalue weighted by molar-refractivity contribution is 0.102. The quantitative estimate of drug-likeness (QED) is 0.572. The Balaban J connectivity index is 1.72. The minimum Gasteiger partial charge on any atom is -0.378 e. The van der Waals surface area contributed by atoms with Crippen molar-refractivity contribution in [1.29, 1.82) is 0 Å². The highest BCUT2D eigenvalue weighted by Gasteiger charge is 2.26. The normalized spacial score (nSPS) is 14.6. The van der Waals surface area contributed by atoms with Gasteiger partial charge in [0, 0.05) is 49.1 Å². The molecule has 0 saturated carbocycles. The number of amides is 1. The molecular weight excluding hydrogens is 440 g/mol. The topological polar surface area (TPSA) is 91.8 Å². The maximum absolute atomic E-state index is 13.4. The average molecular weight is 469 g/mol. The highest BCUT2D eigenvalue weighted by atomic mass is 32.2. The molecule has 0 spiro atoms. The number of nitrogens with zero attached hydrogens (tertiary/aromatic N) is 3. The first-order valence-corrected chi connectivity index (χ1v) is 12.5. The zero-order valence-corrected chi connectivity index (χ0v) is 19.6. The summed E-state index contributed by atoms with van der Waals surface area (Å²) in [4.78, 5) is 19.9. The Hall–Kier alpha value is -3.01. The monoisotopic (exact) mass is 468 g/mol. The second-order valence-corrected chi connectivity index (χ2v) is 9.67. The Labute approximate surface area is 194 Å². The van der Waals surface area contributed by atoms with Crippen LogP contribution in [0.15, 0.2) is 59.6 Å². The third kappa shape index (κ3) is 4.85. The molecule has 0 aliphatic carbocycles. The molecule has 33 heavy (non-hydrogen) atoms. The van der Waals surface area contributed by atoms with E-state index in [4.69, 9.17) is 4.74 Å². The van der Waals surface area contributed by atoms with Crippen LogP contribution in [0.1, 0.15) is 24.2 Å². The number of hydrogen-bond acceptors (Lipinski definition) is 6. The van der Waals surface area contributed by atoms with E-state index < -0.39 is 10.0 Å². The second kappa shape index (κ2) is 9.86. The summed E-state index contributed by atoms with van der Waals surface area (Å²) in [6.07, 6.45) is 1.72. The van der Waals surface area contributed by atoms with Crippen LogP contribution in [0.25, 0.3) is 10.9 Å². The van der Waals surface area contributed by atoms with Crippen molar-refractivity contribution in [3.05, 3.63) is 60.3 Å². The van der Waals surface area contributed by atoms with Crippen molar-refractivity contribution in [2.45, 2.75) is 18.7 Å². The van der Waals surface area contributed by atoms with Crippen LogP contribution >= 0.6 is 0 Å². The maximum Gasteiger partial charge on any atom is 0.257 e. The summed E-state index contributed by atoms with van der Waals surface area (Å²) in [5, 5.41) is 3.84. The Morgan fingerprint density at radius 1 is 1.09 bits per heavy atom. The zero-order chi connectivity index (χ0) is 23.4. The van der Waals surface area contributed by atoms with Gasteiger partial charge in [-0.2, -0.15) is 4.31 Å². The average Bonchev–Trinajstić information content (AvgIpc) is 2.84. The summed E-state index contributed by atoms with van der Waals surface area (Å²) in [5.41, 5.74) is 2.45. The van der Waals surface area contributed by atoms with Crippen LogP contribution in [-0.2, 0) is 14.8 Å². The number of nitrogens with one attached hydrogen (secondary N) is 1. The van der Waals surface area contributed by atoms with E-state index in [-0.39, 0.29) is 10.8 Å². The van der Waals surface area contributed by atoms with Crippen molar-refractivity contribution in [1.82, 2.24) is 9.29 Å². The molecule has 0 atom stereocenters. The van der Waals surface area contributed by atoms with Crippen LogP contribution in [0, 0.1) is 0 Å². The van der Waals surface area contributed by atoms with Crippen LogP contribution in [0.5, 0.6) is 0 Å². The van der Waals surface area contributed by atoms with E-state index in [1.54, 1.807) is 38.2 Å². The van der Waals surface area contributed by atoms with Gasteiger partial charge in [-0.25, -0.2) is 8.42 Å². The molecule has 0 bridgehead atoms. The third-order valence-corrected chi connectivity index (χ3v) is 7.81. The van der Waals surface area contributed by atoms with Gasteiger partial charge in [0.15, 0.2) is 0 Å². The molecule has 4 rings (SSSR count). The van der Waals surface area contributed by atoms with Gasteiger partial charge in [0.25, 0.3) is 5.91 Å². The van der Waals surface area contributed by atoms with Crippen molar-refractivity contribution in [3.63, 3.8) is 0 Å². The molecule has 1 aliphatic rings. The molecule has 2 heterocycles. The van der Waals surface area contributed by atoms with E-state index in [9.17, 15) is 13.2 Å². The Bertz CT molecular complexity index is 1250. The number of fused-ring (bicyclic) bond motifs is 1. The van der Waals surface area contributed by atoms with E-state index in [1.807, 2.05) is 24.3 Å². The highest BCUT2D eigenvalue weighted by Crippen LogP contribution is 2.28. The predicted octanol–water partition coefficient (Wildman–Crippen LogP) is 3.35. The number of benzene rings is 2. The largest absolute Gasteiger partial charge is 0.378 e. The summed E-state index contributed by atoms with van der Waals surface area (Å²) in [6.45, 7) is 6.68. The van der Waals surface area contributed by atoms with Gasteiger partial charge in [-0.1, -0.05) is 19.9 Å². The van der Waals surface area contributed by atoms with Crippen LogP contribution in [0.4, 0.5) is 11.4 Å². The lowest BCUT2D eigenvalue weighted by Crippen LogP contribution is -2.37. The number of morpholine rings is 1. The van der Waals surface area contributed by atoms with Crippen molar-refractivity contribution >= 4 is 38.2 Å². The molecular formula is C24H28N4O4S. The molecule has 2 aromatic carbocycles. The molecule has 1 fully saturated rings. The summed E-state index contributed by atoms with van der Waals surface area (Å²) in [7, 11) is -3.70. The van der Waals surface area contributed by atoms with Gasteiger partial charge >= 0.3 is 0 Å². The van der Waals surface area contributed by atoms with Crippen LogP contribution < -0.4 is 10.2 Å². The second-order valence-electron chi connectivity index (χ2n) is 7.73. The first kappa shape index (κ1) is 23.2. The molecule has 0 unspecified atom stereocenters. The number of sulfonamides is 1. The van der Waals surface area contributed by atoms with Crippen LogP contribution in [0.2, 0.25) is 0 Å². The first-order chi connectivity index (χ1) is 15.9. The number of ether oxygens (including phenoxy) is 1. The summed E-state index contributed by atoms with van der Waals surface area (Å²) in [5.74, 6) is -0.365. The van der Waals surface area contributed by atoms with Gasteiger partial charge in [0.2, 0.25) is 10.0 Å². The zero-order valence-electron chi connectivity index (χ0n) is 18.8. The minimum absolute atomic E-state index is 0.107. The SMILES string of the molecule is CCN(CC)S(=O)(=O)c1ccc(N2CCOCC2)c(C(=O)Nc2ccc3ncccc3c2)c1. The van der Waals surface area contributed by atoms with Crippen molar-refractivity contribution < 1.29 is 17.9 Å². The third-order valence-electron chi connectivity index (χ3n) is 5.77. The molecule has 8 nitrogen and oxygen atoms in total. The molecule has 0 radical (unpaired) electrons. The van der Waals surface area contributed by atoms with Gasteiger partial charge in [0.05, 0.1) is 29.2 Å². The fourth-order valence-electron chi connectivity index (χ4n) is 4.00. The number of rotatable bonds is 7. The van der Waals surface area contributed by atoms with Crippen molar-refractivity contribution in [2.75, 3.05) is 49.6 Å². The smallest absolute Gasteiger partial charge is 0.257 e.